The van der Waals surface area contributed by atoms with Gasteiger partial charge in [-0.15, -0.1) is 0 Å². The topological polar surface area (TPSA) is 68.7 Å². The molecule has 0 radical (unpaired) electrons. The molecule has 2 aromatic rings. The number of hydrogen-bond donors (Lipinski definition) is 1. The first-order chi connectivity index (χ1) is 9.75. The van der Waals surface area contributed by atoms with Gasteiger partial charge in [-0.3, -0.25) is 9.78 Å². The fourth-order valence-electron chi connectivity index (χ4n) is 1.88. The number of fused-ring (bicyclic) bond motifs is 1. The van der Waals surface area contributed by atoms with Crippen LogP contribution in [0.1, 0.15) is 16.1 Å². The second-order valence-electron chi connectivity index (χ2n) is 4.15. The molecule has 1 aliphatic heterocycles. The number of carbonyl (C=O) groups is 1. The van der Waals surface area contributed by atoms with Crippen LogP contribution >= 0.6 is 0 Å². The number of aromatic hydroxyl groups is 1. The number of phenolic OH excluding ortho intramolecular Hbond substituents is 1. The van der Waals surface area contributed by atoms with Gasteiger partial charge in [-0.05, 0) is 36.4 Å². The van der Waals surface area contributed by atoms with E-state index in [0.29, 0.717) is 11.4 Å². The van der Waals surface area contributed by atoms with Gasteiger partial charge in [0.1, 0.15) is 0 Å². The Balaban J connectivity index is 1.87. The summed E-state index contributed by atoms with van der Waals surface area (Å²) >= 11 is 0. The molecular formula is C15H11NO4. The molecule has 5 heteroatoms. The predicted molar refractivity (Wildman–Crippen MR) is 71.8 cm³/mol. The smallest absolute Gasteiger partial charge is 0.231 e. The Morgan fingerprint density at radius 2 is 2.15 bits per heavy atom. The Morgan fingerprint density at radius 3 is 2.95 bits per heavy atom. The van der Waals surface area contributed by atoms with Crippen molar-refractivity contribution in [3.63, 3.8) is 0 Å². The summed E-state index contributed by atoms with van der Waals surface area (Å²) in [6, 6.07) is 8.51. The maximum absolute atomic E-state index is 12.1. The molecule has 1 aromatic carbocycles. The average Bonchev–Trinajstić information content (AvgIpc) is 2.96. The van der Waals surface area contributed by atoms with Gasteiger partial charge in [-0.25, -0.2) is 0 Å². The maximum Gasteiger partial charge on any atom is 0.231 e. The van der Waals surface area contributed by atoms with Gasteiger partial charge in [-0.1, -0.05) is 6.07 Å². The van der Waals surface area contributed by atoms with E-state index in [9.17, 15) is 9.90 Å². The Kier molecular flexibility index (Phi) is 3.09. The van der Waals surface area contributed by atoms with Crippen molar-refractivity contribution < 1.29 is 19.4 Å². The van der Waals surface area contributed by atoms with Crippen LogP contribution in [0.3, 0.4) is 0 Å². The van der Waals surface area contributed by atoms with Crippen LogP contribution in [-0.2, 0) is 0 Å². The zero-order valence-corrected chi connectivity index (χ0v) is 10.4. The molecule has 0 saturated carbocycles. The summed E-state index contributed by atoms with van der Waals surface area (Å²) < 4.78 is 10.2. The van der Waals surface area contributed by atoms with Crippen molar-refractivity contribution in [2.75, 3.05) is 6.79 Å². The van der Waals surface area contributed by atoms with Crippen LogP contribution in [0, 0.1) is 0 Å². The molecule has 1 N–H and O–H groups in total. The normalized spacial score (nSPS) is 12.8. The van der Waals surface area contributed by atoms with E-state index in [1.807, 2.05) is 6.07 Å². The van der Waals surface area contributed by atoms with Crippen LogP contribution in [-0.4, -0.2) is 22.7 Å². The zero-order chi connectivity index (χ0) is 13.9. The van der Waals surface area contributed by atoms with Crippen molar-refractivity contribution in [1.82, 2.24) is 4.98 Å². The van der Waals surface area contributed by atoms with Crippen LogP contribution in [0.15, 0.2) is 42.6 Å². The summed E-state index contributed by atoms with van der Waals surface area (Å²) in [6.07, 6.45) is 4.59. The lowest BCUT2D eigenvalue weighted by Crippen LogP contribution is -1.96. The number of allylic oxidation sites excluding steroid dienone is 1. The Hall–Kier alpha value is -2.82. The first-order valence-corrected chi connectivity index (χ1v) is 6.01. The summed E-state index contributed by atoms with van der Waals surface area (Å²) in [7, 11) is 0. The highest BCUT2D eigenvalue weighted by Gasteiger charge is 2.22. The highest BCUT2D eigenvalue weighted by Crippen LogP contribution is 2.42. The molecule has 0 fully saturated rings. The van der Waals surface area contributed by atoms with Crippen LogP contribution in [0.5, 0.6) is 17.2 Å². The van der Waals surface area contributed by atoms with Gasteiger partial charge in [-0.2, -0.15) is 0 Å². The quantitative estimate of drug-likeness (QED) is 0.684. The molecule has 2 heterocycles. The lowest BCUT2D eigenvalue weighted by molar-refractivity contribution is 0.104. The number of hydrogen-bond acceptors (Lipinski definition) is 5. The Bertz CT molecular complexity index is 680. The lowest BCUT2D eigenvalue weighted by atomic mass is 10.1. The third-order valence-corrected chi connectivity index (χ3v) is 2.87. The van der Waals surface area contributed by atoms with Crippen molar-refractivity contribution in [3.05, 3.63) is 53.9 Å². The largest absolute Gasteiger partial charge is 0.504 e. The van der Waals surface area contributed by atoms with Gasteiger partial charge in [0, 0.05) is 6.20 Å². The molecule has 1 aromatic heterocycles. The van der Waals surface area contributed by atoms with Gasteiger partial charge >= 0.3 is 0 Å². The minimum absolute atomic E-state index is 0.0459. The fraction of sp³-hybridized carbons (Fsp3) is 0.0667. The summed E-state index contributed by atoms with van der Waals surface area (Å²) in [5.41, 5.74) is 0.836. The van der Waals surface area contributed by atoms with Gasteiger partial charge in [0.15, 0.2) is 17.3 Å². The molecule has 0 spiro atoms. The number of pyridine rings is 1. The number of ether oxygens (including phenoxy) is 2. The average molecular weight is 269 g/mol. The number of nitrogens with zero attached hydrogens (tertiary/aromatic N) is 1. The van der Waals surface area contributed by atoms with E-state index in [0.717, 1.165) is 0 Å². The highest BCUT2D eigenvalue weighted by atomic mass is 16.7. The van der Waals surface area contributed by atoms with Crippen molar-refractivity contribution >= 4 is 11.9 Å². The van der Waals surface area contributed by atoms with E-state index in [2.05, 4.69) is 4.98 Å². The lowest BCUT2D eigenvalue weighted by Gasteiger charge is -2.03. The number of aromatic nitrogens is 1. The molecule has 0 atom stereocenters. The molecule has 100 valence electrons. The summed E-state index contributed by atoms with van der Waals surface area (Å²) in [6.45, 7) is 0.0459. The van der Waals surface area contributed by atoms with Crippen LogP contribution < -0.4 is 9.47 Å². The van der Waals surface area contributed by atoms with E-state index >= 15 is 0 Å². The van der Waals surface area contributed by atoms with Crippen molar-refractivity contribution in [1.29, 1.82) is 0 Å². The van der Waals surface area contributed by atoms with E-state index in [-0.39, 0.29) is 29.6 Å². The summed E-state index contributed by atoms with van der Waals surface area (Å²) in [5.74, 6) is 0.122. The van der Waals surface area contributed by atoms with E-state index in [1.165, 1.54) is 12.1 Å². The van der Waals surface area contributed by atoms with Crippen LogP contribution in [0.25, 0.3) is 6.08 Å². The van der Waals surface area contributed by atoms with E-state index in [1.54, 1.807) is 30.5 Å². The molecule has 0 amide bonds. The molecule has 0 saturated heterocycles. The van der Waals surface area contributed by atoms with Crippen molar-refractivity contribution in [2.24, 2.45) is 0 Å². The minimum Gasteiger partial charge on any atom is -0.504 e. The number of ketones is 1. The molecule has 5 nitrogen and oxygen atoms in total. The highest BCUT2D eigenvalue weighted by molar-refractivity contribution is 6.09. The fourth-order valence-corrected chi connectivity index (χ4v) is 1.88. The number of carbonyl (C=O) groups excluding carboxylic acids is 1. The molecule has 0 bridgehead atoms. The Labute approximate surface area is 115 Å². The number of benzene rings is 1. The number of phenols is 1. The second-order valence-corrected chi connectivity index (χ2v) is 4.15. The number of rotatable bonds is 3. The van der Waals surface area contributed by atoms with Gasteiger partial charge < -0.3 is 14.6 Å². The standard InChI is InChI=1S/C15H11NO4/c17-12(6-4-10-3-1-2-8-16-10)11-5-7-13-15(14(11)18)20-9-19-13/h1-8,18H,9H2/b6-4+. The third kappa shape index (κ3) is 2.21. The molecule has 20 heavy (non-hydrogen) atoms. The molecule has 1 aliphatic rings. The van der Waals surface area contributed by atoms with E-state index in [4.69, 9.17) is 9.47 Å². The monoisotopic (exact) mass is 269 g/mol. The molecule has 0 unspecified atom stereocenters. The van der Waals surface area contributed by atoms with Gasteiger partial charge in [0.2, 0.25) is 12.5 Å². The maximum atomic E-state index is 12.1. The van der Waals surface area contributed by atoms with Crippen molar-refractivity contribution in [2.45, 2.75) is 0 Å². The third-order valence-electron chi connectivity index (χ3n) is 2.87. The SMILES string of the molecule is O=C(/C=C/c1ccccn1)c1ccc2c(c1O)OCO2. The van der Waals surface area contributed by atoms with Crippen molar-refractivity contribution in [3.8, 4) is 17.2 Å². The summed E-state index contributed by atoms with van der Waals surface area (Å²) in [5, 5.41) is 10.0. The summed E-state index contributed by atoms with van der Waals surface area (Å²) in [4.78, 5) is 16.1. The predicted octanol–water partition coefficient (Wildman–Crippen LogP) is 2.41. The zero-order valence-electron chi connectivity index (χ0n) is 10.4. The molecular weight excluding hydrogens is 258 g/mol. The first kappa shape index (κ1) is 12.2. The first-order valence-electron chi connectivity index (χ1n) is 6.01. The van der Waals surface area contributed by atoms with E-state index < -0.39 is 0 Å². The Morgan fingerprint density at radius 1 is 1.25 bits per heavy atom. The molecule has 0 aliphatic carbocycles. The van der Waals surface area contributed by atoms with Crippen LogP contribution in [0.2, 0.25) is 0 Å². The molecule has 3 rings (SSSR count). The van der Waals surface area contributed by atoms with Gasteiger partial charge in [0.05, 0.1) is 11.3 Å². The van der Waals surface area contributed by atoms with Crippen LogP contribution in [0.4, 0.5) is 0 Å². The minimum atomic E-state index is -0.327. The van der Waals surface area contributed by atoms with Gasteiger partial charge in [0.25, 0.3) is 0 Å². The second kappa shape index (κ2) is 5.05.